The van der Waals surface area contributed by atoms with Gasteiger partial charge >= 0.3 is 0 Å². The quantitative estimate of drug-likeness (QED) is 0.579. The van der Waals surface area contributed by atoms with E-state index >= 15 is 0 Å². The number of hydrogen-bond donors (Lipinski definition) is 0. The highest BCUT2D eigenvalue weighted by atomic mass is 28.3. The van der Waals surface area contributed by atoms with Crippen LogP contribution in [-0.2, 0) is 7.05 Å². The fourth-order valence-corrected chi connectivity index (χ4v) is 1.97. The molecule has 0 aliphatic heterocycles. The Hall–Kier alpha value is -1.86. The van der Waals surface area contributed by atoms with Crippen molar-refractivity contribution in [3.8, 4) is 22.7 Å². The molecule has 0 atom stereocenters. The van der Waals surface area contributed by atoms with Crippen molar-refractivity contribution in [2.45, 2.75) is 19.6 Å². The van der Waals surface area contributed by atoms with Crippen LogP contribution in [0.4, 0.5) is 0 Å². The molecule has 2 aromatic heterocycles. The molecule has 0 fully saturated rings. The van der Waals surface area contributed by atoms with Crippen molar-refractivity contribution in [1.82, 2.24) is 14.8 Å². The molecule has 0 spiro atoms. The third-order valence-corrected chi connectivity index (χ3v) is 3.22. The molecule has 92 valence electrons. The Morgan fingerprint density at radius 1 is 1.17 bits per heavy atom. The molecular weight excluding hydrogens is 238 g/mol. The van der Waals surface area contributed by atoms with E-state index in [0.29, 0.717) is 0 Å². The second-order valence-corrected chi connectivity index (χ2v) is 10.1. The molecule has 0 N–H and O–H groups in total. The molecule has 0 unspecified atom stereocenters. The Bertz CT molecular complexity index is 594. The first-order valence-electron chi connectivity index (χ1n) is 5.92. The largest absolute Gasteiger partial charge is 0.275 e. The zero-order valence-electron chi connectivity index (χ0n) is 11.2. The monoisotopic (exact) mass is 255 g/mol. The van der Waals surface area contributed by atoms with Gasteiger partial charge in [-0.25, -0.2) is 0 Å². The molecule has 2 heterocycles. The SMILES string of the molecule is Cn1cc(-c2ccc(C#C[Si](C)(C)C)cn2)cn1. The molecule has 0 amide bonds. The normalized spacial score (nSPS) is 10.9. The van der Waals surface area contributed by atoms with Gasteiger partial charge in [0.25, 0.3) is 0 Å². The van der Waals surface area contributed by atoms with Crippen LogP contribution in [0, 0.1) is 11.5 Å². The summed E-state index contributed by atoms with van der Waals surface area (Å²) in [4.78, 5) is 4.42. The molecular formula is C14H17N3Si. The van der Waals surface area contributed by atoms with E-state index in [0.717, 1.165) is 16.8 Å². The number of aryl methyl sites for hydroxylation is 1. The average molecular weight is 255 g/mol. The van der Waals surface area contributed by atoms with Crippen molar-refractivity contribution in [2.75, 3.05) is 0 Å². The molecule has 3 nitrogen and oxygen atoms in total. The van der Waals surface area contributed by atoms with Gasteiger partial charge in [0.15, 0.2) is 0 Å². The topological polar surface area (TPSA) is 30.7 Å². The van der Waals surface area contributed by atoms with Gasteiger partial charge in [-0.1, -0.05) is 25.6 Å². The number of pyridine rings is 1. The molecule has 0 aliphatic rings. The van der Waals surface area contributed by atoms with Crippen LogP contribution in [0.1, 0.15) is 5.56 Å². The fourth-order valence-electron chi connectivity index (χ4n) is 1.45. The Kier molecular flexibility index (Phi) is 3.35. The van der Waals surface area contributed by atoms with Crippen molar-refractivity contribution in [1.29, 1.82) is 0 Å². The predicted octanol–water partition coefficient (Wildman–Crippen LogP) is 2.71. The van der Waals surface area contributed by atoms with Crippen LogP contribution >= 0.6 is 0 Å². The van der Waals surface area contributed by atoms with Crippen LogP contribution in [0.2, 0.25) is 19.6 Å². The average Bonchev–Trinajstić information content (AvgIpc) is 2.73. The summed E-state index contributed by atoms with van der Waals surface area (Å²) in [7, 11) is 0.584. The van der Waals surface area contributed by atoms with Crippen molar-refractivity contribution >= 4 is 8.07 Å². The second-order valence-electron chi connectivity index (χ2n) is 5.33. The van der Waals surface area contributed by atoms with E-state index in [4.69, 9.17) is 0 Å². The van der Waals surface area contributed by atoms with E-state index in [1.807, 2.05) is 37.8 Å². The van der Waals surface area contributed by atoms with Gasteiger partial charge in [0.05, 0.1) is 11.9 Å². The van der Waals surface area contributed by atoms with E-state index in [1.165, 1.54) is 0 Å². The molecule has 0 radical (unpaired) electrons. The van der Waals surface area contributed by atoms with Gasteiger partial charge in [0, 0.05) is 30.6 Å². The zero-order valence-corrected chi connectivity index (χ0v) is 12.2. The lowest BCUT2D eigenvalue weighted by molar-refractivity contribution is 0.768. The third-order valence-electron chi connectivity index (χ3n) is 2.35. The highest BCUT2D eigenvalue weighted by Gasteiger charge is 2.07. The van der Waals surface area contributed by atoms with E-state index in [9.17, 15) is 0 Å². The van der Waals surface area contributed by atoms with Crippen LogP contribution < -0.4 is 0 Å². The fraction of sp³-hybridized carbons (Fsp3) is 0.286. The standard InChI is InChI=1S/C14H17N3Si/c1-17-11-13(10-16-17)14-6-5-12(9-15-14)7-8-18(2,3)4/h5-6,9-11H,1-4H3. The van der Waals surface area contributed by atoms with Crippen LogP contribution in [0.5, 0.6) is 0 Å². The van der Waals surface area contributed by atoms with E-state index in [2.05, 4.69) is 41.2 Å². The van der Waals surface area contributed by atoms with Gasteiger partial charge in [-0.2, -0.15) is 5.10 Å². The van der Waals surface area contributed by atoms with E-state index < -0.39 is 8.07 Å². The van der Waals surface area contributed by atoms with Gasteiger partial charge in [0.2, 0.25) is 0 Å². The lowest BCUT2D eigenvalue weighted by Crippen LogP contribution is -2.16. The summed E-state index contributed by atoms with van der Waals surface area (Å²) in [5.41, 5.74) is 6.27. The predicted molar refractivity (Wildman–Crippen MR) is 76.7 cm³/mol. The van der Waals surface area contributed by atoms with Crippen molar-refractivity contribution in [2.24, 2.45) is 7.05 Å². The summed E-state index contributed by atoms with van der Waals surface area (Å²) in [6, 6.07) is 4.01. The van der Waals surface area contributed by atoms with E-state index in [1.54, 1.807) is 4.68 Å². The second kappa shape index (κ2) is 4.79. The molecule has 0 bridgehead atoms. The van der Waals surface area contributed by atoms with E-state index in [-0.39, 0.29) is 0 Å². The lowest BCUT2D eigenvalue weighted by atomic mass is 10.2. The Balaban J connectivity index is 2.22. The van der Waals surface area contributed by atoms with Crippen LogP contribution in [0.3, 0.4) is 0 Å². The third kappa shape index (κ3) is 3.31. The number of aromatic nitrogens is 3. The number of rotatable bonds is 1. The van der Waals surface area contributed by atoms with Crippen LogP contribution in [-0.4, -0.2) is 22.8 Å². The van der Waals surface area contributed by atoms with Gasteiger partial charge in [-0.3, -0.25) is 9.67 Å². The van der Waals surface area contributed by atoms with Gasteiger partial charge in [-0.15, -0.1) is 5.54 Å². The maximum atomic E-state index is 4.42. The van der Waals surface area contributed by atoms with Crippen molar-refractivity contribution in [3.63, 3.8) is 0 Å². The van der Waals surface area contributed by atoms with Crippen molar-refractivity contribution < 1.29 is 0 Å². The Morgan fingerprint density at radius 3 is 2.44 bits per heavy atom. The summed E-state index contributed by atoms with van der Waals surface area (Å²) < 4.78 is 1.77. The number of nitrogens with zero attached hydrogens (tertiary/aromatic N) is 3. The summed E-state index contributed by atoms with van der Waals surface area (Å²) in [6.07, 6.45) is 5.60. The van der Waals surface area contributed by atoms with Gasteiger partial charge < -0.3 is 0 Å². The van der Waals surface area contributed by atoms with Gasteiger partial charge in [-0.05, 0) is 12.1 Å². The minimum absolute atomic E-state index is 0.932. The molecule has 0 aromatic carbocycles. The first kappa shape index (κ1) is 12.6. The van der Waals surface area contributed by atoms with Crippen LogP contribution in [0.15, 0.2) is 30.7 Å². The highest BCUT2D eigenvalue weighted by molar-refractivity contribution is 6.83. The summed E-state index contributed by atoms with van der Waals surface area (Å²) in [6.45, 7) is 6.70. The molecule has 2 aromatic rings. The Morgan fingerprint density at radius 2 is 1.94 bits per heavy atom. The molecule has 18 heavy (non-hydrogen) atoms. The van der Waals surface area contributed by atoms with Gasteiger partial charge in [0.1, 0.15) is 8.07 Å². The highest BCUT2D eigenvalue weighted by Crippen LogP contribution is 2.15. The molecule has 4 heteroatoms. The van der Waals surface area contributed by atoms with Crippen LogP contribution in [0.25, 0.3) is 11.3 Å². The molecule has 0 aliphatic carbocycles. The summed E-state index contributed by atoms with van der Waals surface area (Å²) in [5, 5.41) is 4.14. The first-order valence-corrected chi connectivity index (χ1v) is 9.42. The molecule has 0 saturated carbocycles. The zero-order chi connectivity index (χ0) is 13.2. The molecule has 0 saturated heterocycles. The lowest BCUT2D eigenvalue weighted by Gasteiger charge is -2.03. The maximum Gasteiger partial charge on any atom is 0.129 e. The Labute approximate surface area is 109 Å². The minimum Gasteiger partial charge on any atom is -0.275 e. The molecule has 2 rings (SSSR count). The maximum absolute atomic E-state index is 4.42. The summed E-state index contributed by atoms with van der Waals surface area (Å²) in [5.74, 6) is 3.20. The smallest absolute Gasteiger partial charge is 0.129 e. The number of hydrogen-bond acceptors (Lipinski definition) is 2. The minimum atomic E-state index is -1.32. The summed E-state index contributed by atoms with van der Waals surface area (Å²) >= 11 is 0. The first-order chi connectivity index (χ1) is 8.44. The van der Waals surface area contributed by atoms with Crippen molar-refractivity contribution in [3.05, 3.63) is 36.3 Å².